The van der Waals surface area contributed by atoms with Gasteiger partial charge in [0.1, 0.15) is 22.0 Å². The van der Waals surface area contributed by atoms with Crippen molar-refractivity contribution >= 4 is 60.9 Å². The van der Waals surface area contributed by atoms with Crippen LogP contribution in [0.5, 0.6) is 0 Å². The van der Waals surface area contributed by atoms with E-state index < -0.39 is 0 Å². The lowest BCUT2D eigenvalue weighted by atomic mass is 9.90. The van der Waals surface area contributed by atoms with Crippen molar-refractivity contribution in [1.82, 2.24) is 15.0 Å². The van der Waals surface area contributed by atoms with Gasteiger partial charge in [-0.05, 0) is 45.4 Å². The second-order valence-corrected chi connectivity index (χ2v) is 12.8. The Kier molecular flexibility index (Phi) is 6.75. The van der Waals surface area contributed by atoms with Crippen LogP contribution < -0.4 is 10.2 Å². The Balaban J connectivity index is 1.39. The van der Waals surface area contributed by atoms with Gasteiger partial charge in [-0.15, -0.1) is 11.3 Å². The Labute approximate surface area is 230 Å². The van der Waals surface area contributed by atoms with Crippen LogP contribution >= 0.6 is 23.1 Å². The molecule has 0 bridgehead atoms. The van der Waals surface area contributed by atoms with E-state index in [0.29, 0.717) is 19.8 Å². The number of hydrogen-bond acceptors (Lipinski definition) is 9. The molecule has 10 heteroatoms. The maximum atomic E-state index is 13.0. The van der Waals surface area contributed by atoms with Crippen LogP contribution in [0.1, 0.15) is 37.5 Å². The number of nitrogens with zero attached hydrogens (tertiary/aromatic N) is 4. The van der Waals surface area contributed by atoms with Gasteiger partial charge in [0.15, 0.2) is 0 Å². The Morgan fingerprint density at radius 2 is 1.92 bits per heavy atom. The minimum absolute atomic E-state index is 0.0595. The highest BCUT2D eigenvalue weighted by Gasteiger charge is 2.33. The lowest BCUT2D eigenvalue weighted by Gasteiger charge is -2.36. The number of ether oxygens (including phenoxy) is 2. The summed E-state index contributed by atoms with van der Waals surface area (Å²) in [5.74, 6) is 0.932. The van der Waals surface area contributed by atoms with Crippen molar-refractivity contribution < 1.29 is 14.3 Å². The minimum atomic E-state index is -0.335. The molecule has 2 aliphatic heterocycles. The van der Waals surface area contributed by atoms with Crippen molar-refractivity contribution in [3.63, 3.8) is 0 Å². The Hall–Kier alpha value is -2.79. The molecule has 6 rings (SSSR count). The average Bonchev–Trinajstić information content (AvgIpc) is 3.29. The Bertz CT molecular complexity index is 1510. The molecule has 0 unspecified atom stereocenters. The van der Waals surface area contributed by atoms with Crippen LogP contribution in [0.3, 0.4) is 0 Å². The molecule has 0 aliphatic carbocycles. The van der Waals surface area contributed by atoms with Crippen molar-refractivity contribution in [3.05, 3.63) is 47.3 Å². The van der Waals surface area contributed by atoms with E-state index in [0.717, 1.165) is 67.6 Å². The summed E-state index contributed by atoms with van der Waals surface area (Å²) in [5.41, 5.74) is 4.99. The number of benzene rings is 1. The number of carbonyl (C=O) groups is 1. The largest absolute Gasteiger partial charge is 0.378 e. The highest BCUT2D eigenvalue weighted by Crippen LogP contribution is 2.45. The molecule has 3 aromatic heterocycles. The monoisotopic (exact) mass is 549 g/mol. The molecule has 1 saturated heterocycles. The lowest BCUT2D eigenvalue weighted by Crippen LogP contribution is -2.39. The molecule has 1 aromatic carbocycles. The first-order valence-corrected chi connectivity index (χ1v) is 14.6. The maximum Gasteiger partial charge on any atom is 0.237 e. The third-order valence-corrected chi connectivity index (χ3v) is 9.37. The van der Waals surface area contributed by atoms with E-state index in [-0.39, 0.29) is 16.8 Å². The molecule has 2 aliphatic rings. The average molecular weight is 550 g/mol. The zero-order valence-electron chi connectivity index (χ0n) is 22.0. The molecule has 4 aromatic rings. The number of fused-ring (bicyclic) bond motifs is 5. The summed E-state index contributed by atoms with van der Waals surface area (Å²) >= 11 is 3.07. The van der Waals surface area contributed by atoms with E-state index in [4.69, 9.17) is 19.4 Å². The van der Waals surface area contributed by atoms with Gasteiger partial charge >= 0.3 is 0 Å². The van der Waals surface area contributed by atoms with E-state index in [9.17, 15) is 4.79 Å². The third-order valence-electron chi connectivity index (χ3n) is 7.06. The first kappa shape index (κ1) is 25.5. The number of anilines is 2. The van der Waals surface area contributed by atoms with Gasteiger partial charge < -0.3 is 19.7 Å². The zero-order chi connectivity index (χ0) is 26.4. The van der Waals surface area contributed by atoms with Gasteiger partial charge in [-0.2, -0.15) is 0 Å². The molecular formula is C28H31N5O3S2. The predicted molar refractivity (Wildman–Crippen MR) is 153 cm³/mol. The lowest BCUT2D eigenvalue weighted by molar-refractivity contribution is -0.115. The molecule has 0 saturated carbocycles. The highest BCUT2D eigenvalue weighted by molar-refractivity contribution is 8.00. The second-order valence-electron chi connectivity index (χ2n) is 10.5. The number of nitrogens with one attached hydrogen (secondary N) is 1. The van der Waals surface area contributed by atoms with E-state index in [2.05, 4.69) is 29.0 Å². The number of aromatic nitrogens is 3. The van der Waals surface area contributed by atoms with E-state index >= 15 is 0 Å². The molecule has 1 atom stereocenters. The quantitative estimate of drug-likeness (QED) is 0.263. The van der Waals surface area contributed by atoms with Crippen molar-refractivity contribution in [2.75, 3.05) is 36.5 Å². The molecule has 0 spiro atoms. The van der Waals surface area contributed by atoms with E-state index in [1.807, 2.05) is 38.1 Å². The molecule has 8 nitrogen and oxygen atoms in total. The summed E-state index contributed by atoms with van der Waals surface area (Å²) in [6.07, 6.45) is 2.39. The molecule has 0 radical (unpaired) electrons. The summed E-state index contributed by atoms with van der Waals surface area (Å²) < 4.78 is 12.8. The van der Waals surface area contributed by atoms with Crippen LogP contribution in [0, 0.1) is 6.92 Å². The predicted octanol–water partition coefficient (Wildman–Crippen LogP) is 5.36. The third kappa shape index (κ3) is 4.86. The number of rotatable bonds is 5. The topological polar surface area (TPSA) is 89.5 Å². The van der Waals surface area contributed by atoms with Gasteiger partial charge in [0.2, 0.25) is 5.91 Å². The number of thiophene rings is 1. The van der Waals surface area contributed by atoms with Gasteiger partial charge in [-0.3, -0.25) is 4.79 Å². The molecule has 38 heavy (non-hydrogen) atoms. The van der Waals surface area contributed by atoms with Crippen LogP contribution in [-0.4, -0.2) is 58.0 Å². The van der Waals surface area contributed by atoms with Crippen LogP contribution in [0.2, 0.25) is 0 Å². The van der Waals surface area contributed by atoms with Crippen LogP contribution in [0.4, 0.5) is 11.5 Å². The van der Waals surface area contributed by atoms with Crippen LogP contribution in [0.25, 0.3) is 20.4 Å². The van der Waals surface area contributed by atoms with Crippen molar-refractivity contribution in [1.29, 1.82) is 0 Å². The summed E-state index contributed by atoms with van der Waals surface area (Å²) in [4.78, 5) is 30.7. The fourth-order valence-corrected chi connectivity index (χ4v) is 7.11. The Morgan fingerprint density at radius 3 is 2.68 bits per heavy atom. The summed E-state index contributed by atoms with van der Waals surface area (Å²) in [7, 11) is 0. The molecule has 1 fully saturated rings. The molecule has 1 amide bonds. The number of hydrogen-bond donors (Lipinski definition) is 1. The van der Waals surface area contributed by atoms with Gasteiger partial charge in [-0.1, -0.05) is 29.5 Å². The smallest absolute Gasteiger partial charge is 0.237 e. The first-order chi connectivity index (χ1) is 18.3. The normalized spacial score (nSPS) is 17.9. The van der Waals surface area contributed by atoms with Crippen LogP contribution in [-0.2, 0) is 27.3 Å². The summed E-state index contributed by atoms with van der Waals surface area (Å²) in [5, 5.41) is 4.58. The van der Waals surface area contributed by atoms with Gasteiger partial charge in [-0.25, -0.2) is 15.0 Å². The SMILES string of the molecule is Cc1ccc(NC(=O)[C@H](C)Sc2ncnc3c2sc2nc(N4CCOCC4)c4c(c23)CC(C)(C)OC4)cc1. The van der Waals surface area contributed by atoms with E-state index in [1.54, 1.807) is 17.7 Å². The van der Waals surface area contributed by atoms with Gasteiger partial charge in [0.05, 0.1) is 40.9 Å². The Morgan fingerprint density at radius 1 is 1.16 bits per heavy atom. The van der Waals surface area contributed by atoms with Crippen molar-refractivity contribution in [2.24, 2.45) is 0 Å². The summed E-state index contributed by atoms with van der Waals surface area (Å²) in [6, 6.07) is 7.82. The van der Waals surface area contributed by atoms with Gasteiger partial charge in [0, 0.05) is 36.1 Å². The number of morpholine rings is 1. The standard InChI is InChI=1S/C28H31N5O3S2/c1-16-5-7-18(8-6-16)31-25(34)17(2)37-27-23-22(29-15-30-27)21-19-13-28(3,4)36-14-20(19)24(32-26(21)38-23)33-9-11-35-12-10-33/h5-8,15,17H,9-14H2,1-4H3,(H,31,34)/t17-/m0/s1. The number of amides is 1. The summed E-state index contributed by atoms with van der Waals surface area (Å²) in [6.45, 7) is 11.8. The maximum absolute atomic E-state index is 13.0. The minimum Gasteiger partial charge on any atom is -0.378 e. The first-order valence-electron chi connectivity index (χ1n) is 12.9. The van der Waals surface area contributed by atoms with E-state index in [1.165, 1.54) is 17.3 Å². The molecule has 1 N–H and O–H groups in total. The van der Waals surface area contributed by atoms with Gasteiger partial charge in [0.25, 0.3) is 0 Å². The number of pyridine rings is 1. The fraction of sp³-hybridized carbons (Fsp3) is 0.429. The zero-order valence-corrected chi connectivity index (χ0v) is 23.7. The fourth-order valence-electron chi connectivity index (χ4n) is 4.99. The number of aryl methyl sites for hydroxylation is 1. The van der Waals surface area contributed by atoms with Crippen LogP contribution in [0.15, 0.2) is 35.6 Å². The molecule has 5 heterocycles. The van der Waals surface area contributed by atoms with Crippen molar-refractivity contribution in [3.8, 4) is 0 Å². The van der Waals surface area contributed by atoms with Crippen molar-refractivity contribution in [2.45, 2.75) is 56.6 Å². The highest BCUT2D eigenvalue weighted by atomic mass is 32.2. The second kappa shape index (κ2) is 10.1. The molecule has 198 valence electrons. The number of carbonyl (C=O) groups excluding carboxylic acids is 1. The molecular weight excluding hydrogens is 518 g/mol. The number of thioether (sulfide) groups is 1.